The Hall–Kier alpha value is -3.58. The molecule has 1 saturated heterocycles. The van der Waals surface area contributed by atoms with Crippen LogP contribution in [0.5, 0.6) is 5.75 Å². The Morgan fingerprint density at radius 2 is 2.17 bits per heavy atom. The molecular weight excluding hydrogens is 376 g/mol. The van der Waals surface area contributed by atoms with Crippen LogP contribution in [0.2, 0.25) is 0 Å². The number of oxazole rings is 1. The van der Waals surface area contributed by atoms with Gasteiger partial charge in [0.05, 0.1) is 32.9 Å². The average molecular weight is 396 g/mol. The van der Waals surface area contributed by atoms with Gasteiger partial charge in [-0.05, 0) is 6.07 Å². The predicted octanol–water partition coefficient (Wildman–Crippen LogP) is 1.46. The number of aromatic nitrogens is 3. The summed E-state index contributed by atoms with van der Waals surface area (Å²) in [5.41, 5.74) is 2.05. The van der Waals surface area contributed by atoms with Crippen molar-refractivity contribution in [1.29, 1.82) is 5.26 Å². The molecule has 1 aliphatic heterocycles. The van der Waals surface area contributed by atoms with Crippen molar-refractivity contribution < 1.29 is 18.7 Å². The Morgan fingerprint density at radius 3 is 2.90 bits per heavy atom. The molecule has 29 heavy (non-hydrogen) atoms. The minimum atomic E-state index is -0.291. The average Bonchev–Trinajstić information content (AvgIpc) is 3.34. The molecule has 0 spiro atoms. The molecule has 1 fully saturated rings. The van der Waals surface area contributed by atoms with Gasteiger partial charge in [0.25, 0.3) is 6.01 Å². The van der Waals surface area contributed by atoms with Gasteiger partial charge in [-0.1, -0.05) is 6.07 Å². The molecular formula is C19H20N6O4. The lowest BCUT2D eigenvalue weighted by Gasteiger charge is -2.24. The monoisotopic (exact) mass is 396 g/mol. The smallest absolute Gasteiger partial charge is 0.298 e. The van der Waals surface area contributed by atoms with Gasteiger partial charge in [-0.2, -0.15) is 15.3 Å². The molecule has 10 nitrogen and oxygen atoms in total. The molecule has 150 valence electrons. The van der Waals surface area contributed by atoms with Crippen LogP contribution in [0.15, 0.2) is 22.7 Å². The standard InChI is InChI=1S/C19H20N6O4/c1-24-18(13(10-20)11-21-24)22-15(26)9-12-3-4-14(27-2)16-17(12)29-19(23-16)25-5-7-28-8-6-25/h3-4,11H,5-9H2,1-2H3,(H,22,26). The summed E-state index contributed by atoms with van der Waals surface area (Å²) in [5.74, 6) is 0.639. The van der Waals surface area contributed by atoms with E-state index in [-0.39, 0.29) is 12.3 Å². The number of ether oxygens (including phenoxy) is 2. The van der Waals surface area contributed by atoms with E-state index in [0.717, 1.165) is 0 Å². The summed E-state index contributed by atoms with van der Waals surface area (Å²) >= 11 is 0. The normalized spacial score (nSPS) is 14.0. The lowest BCUT2D eigenvalue weighted by molar-refractivity contribution is -0.115. The molecule has 1 N–H and O–H groups in total. The number of hydrogen-bond donors (Lipinski definition) is 1. The first-order valence-electron chi connectivity index (χ1n) is 9.11. The van der Waals surface area contributed by atoms with Crippen molar-refractivity contribution in [3.05, 3.63) is 29.5 Å². The molecule has 3 heterocycles. The van der Waals surface area contributed by atoms with E-state index in [2.05, 4.69) is 15.4 Å². The van der Waals surface area contributed by atoms with E-state index in [1.807, 2.05) is 11.0 Å². The number of aryl methyl sites for hydroxylation is 1. The van der Waals surface area contributed by atoms with Crippen LogP contribution in [0, 0.1) is 11.3 Å². The van der Waals surface area contributed by atoms with Crippen molar-refractivity contribution in [2.75, 3.05) is 43.6 Å². The summed E-state index contributed by atoms with van der Waals surface area (Å²) in [5, 5.41) is 15.9. The van der Waals surface area contributed by atoms with Crippen LogP contribution in [0.1, 0.15) is 11.1 Å². The van der Waals surface area contributed by atoms with Gasteiger partial charge in [0.1, 0.15) is 23.2 Å². The van der Waals surface area contributed by atoms with Crippen LogP contribution in [0.25, 0.3) is 11.1 Å². The molecule has 0 radical (unpaired) electrons. The highest BCUT2D eigenvalue weighted by Gasteiger charge is 2.22. The highest BCUT2D eigenvalue weighted by atomic mass is 16.5. The number of nitriles is 1. The van der Waals surface area contributed by atoms with E-state index in [4.69, 9.17) is 19.2 Å². The quantitative estimate of drug-likeness (QED) is 0.689. The molecule has 0 aliphatic carbocycles. The number of hydrogen-bond acceptors (Lipinski definition) is 8. The molecule has 4 rings (SSSR count). The topological polar surface area (TPSA) is 118 Å². The van der Waals surface area contributed by atoms with E-state index in [1.54, 1.807) is 26.3 Å². The molecule has 1 aliphatic rings. The number of rotatable bonds is 5. The second-order valence-electron chi connectivity index (χ2n) is 6.57. The zero-order chi connectivity index (χ0) is 20.4. The number of carbonyl (C=O) groups is 1. The van der Waals surface area contributed by atoms with Crippen molar-refractivity contribution in [1.82, 2.24) is 14.8 Å². The molecule has 0 atom stereocenters. The first kappa shape index (κ1) is 18.8. The number of morpholine rings is 1. The maximum Gasteiger partial charge on any atom is 0.298 e. The van der Waals surface area contributed by atoms with Gasteiger partial charge in [-0.15, -0.1) is 0 Å². The van der Waals surface area contributed by atoms with E-state index in [9.17, 15) is 4.79 Å². The maximum absolute atomic E-state index is 12.6. The summed E-state index contributed by atoms with van der Waals surface area (Å²) in [6.45, 7) is 2.58. The molecule has 3 aromatic rings. The second-order valence-corrected chi connectivity index (χ2v) is 6.57. The number of benzene rings is 1. The first-order valence-corrected chi connectivity index (χ1v) is 9.11. The summed E-state index contributed by atoms with van der Waals surface area (Å²) < 4.78 is 18.2. The van der Waals surface area contributed by atoms with Gasteiger partial charge in [0.2, 0.25) is 5.91 Å². The summed E-state index contributed by atoms with van der Waals surface area (Å²) in [4.78, 5) is 19.2. The Kier molecular flexibility index (Phi) is 5.05. The molecule has 0 saturated carbocycles. The summed E-state index contributed by atoms with van der Waals surface area (Å²) in [6, 6.07) is 6.04. The number of amides is 1. The lowest BCUT2D eigenvalue weighted by atomic mass is 10.1. The fourth-order valence-electron chi connectivity index (χ4n) is 3.24. The number of nitrogens with zero attached hydrogens (tertiary/aromatic N) is 5. The van der Waals surface area contributed by atoms with Crippen LogP contribution in [0.4, 0.5) is 11.8 Å². The van der Waals surface area contributed by atoms with E-state index < -0.39 is 0 Å². The predicted molar refractivity (Wildman–Crippen MR) is 104 cm³/mol. The molecule has 10 heteroatoms. The minimum absolute atomic E-state index is 0.0499. The van der Waals surface area contributed by atoms with Crippen LogP contribution in [-0.4, -0.2) is 54.1 Å². The van der Waals surface area contributed by atoms with Crippen LogP contribution >= 0.6 is 0 Å². The van der Waals surface area contributed by atoms with Crippen molar-refractivity contribution >= 4 is 28.8 Å². The van der Waals surface area contributed by atoms with Crippen molar-refractivity contribution in [3.8, 4) is 11.8 Å². The van der Waals surface area contributed by atoms with Gasteiger partial charge in [0, 0.05) is 25.7 Å². The maximum atomic E-state index is 12.6. The highest BCUT2D eigenvalue weighted by Crippen LogP contribution is 2.32. The molecule has 1 amide bonds. The number of carbonyl (C=O) groups excluding carboxylic acids is 1. The van der Waals surface area contributed by atoms with Gasteiger partial charge >= 0.3 is 0 Å². The van der Waals surface area contributed by atoms with Gasteiger partial charge in [-0.25, -0.2) is 0 Å². The zero-order valence-corrected chi connectivity index (χ0v) is 16.1. The summed E-state index contributed by atoms with van der Waals surface area (Å²) in [6.07, 6.45) is 1.46. The molecule has 0 unspecified atom stereocenters. The Labute approximate surface area is 166 Å². The van der Waals surface area contributed by atoms with Gasteiger partial charge < -0.3 is 24.1 Å². The Balaban J connectivity index is 1.63. The zero-order valence-electron chi connectivity index (χ0n) is 16.1. The molecule has 0 bridgehead atoms. The van der Waals surface area contributed by atoms with Gasteiger partial charge in [0.15, 0.2) is 11.1 Å². The first-order chi connectivity index (χ1) is 14.1. The van der Waals surface area contributed by atoms with Crippen molar-refractivity contribution in [2.45, 2.75) is 6.42 Å². The largest absolute Gasteiger partial charge is 0.494 e. The SMILES string of the molecule is COc1ccc(CC(=O)Nc2c(C#N)cnn2C)c2oc(N3CCOCC3)nc12. The van der Waals surface area contributed by atoms with Gasteiger partial charge in [-0.3, -0.25) is 9.48 Å². The Bertz CT molecular complexity index is 1090. The number of anilines is 2. The van der Waals surface area contributed by atoms with E-state index in [1.165, 1.54) is 10.9 Å². The fourth-order valence-corrected chi connectivity index (χ4v) is 3.24. The third-order valence-electron chi connectivity index (χ3n) is 4.75. The third kappa shape index (κ3) is 3.60. The fraction of sp³-hybridized carbons (Fsp3) is 0.368. The van der Waals surface area contributed by atoms with Crippen LogP contribution < -0.4 is 15.0 Å². The lowest BCUT2D eigenvalue weighted by Crippen LogP contribution is -2.36. The molecule has 2 aromatic heterocycles. The van der Waals surface area contributed by atoms with Crippen molar-refractivity contribution in [3.63, 3.8) is 0 Å². The summed E-state index contributed by atoms with van der Waals surface area (Å²) in [7, 11) is 3.23. The minimum Gasteiger partial charge on any atom is -0.494 e. The Morgan fingerprint density at radius 1 is 1.38 bits per heavy atom. The second kappa shape index (κ2) is 7.81. The van der Waals surface area contributed by atoms with E-state index in [0.29, 0.717) is 66.1 Å². The molecule has 1 aromatic carbocycles. The third-order valence-corrected chi connectivity index (χ3v) is 4.75. The number of fused-ring (bicyclic) bond motifs is 1. The van der Waals surface area contributed by atoms with Crippen molar-refractivity contribution in [2.24, 2.45) is 7.05 Å². The van der Waals surface area contributed by atoms with Crippen LogP contribution in [-0.2, 0) is 23.0 Å². The van der Waals surface area contributed by atoms with Crippen LogP contribution in [0.3, 0.4) is 0 Å². The number of methoxy groups -OCH3 is 1. The van der Waals surface area contributed by atoms with E-state index >= 15 is 0 Å². The highest BCUT2D eigenvalue weighted by molar-refractivity contribution is 5.95. The number of nitrogens with one attached hydrogen (secondary N) is 1.